The lowest BCUT2D eigenvalue weighted by atomic mass is 10.1. The summed E-state index contributed by atoms with van der Waals surface area (Å²) >= 11 is 4.85. The molecule has 0 fully saturated rings. The first-order valence-corrected chi connectivity index (χ1v) is 5.97. The minimum atomic E-state index is 0.312. The van der Waals surface area contributed by atoms with Crippen LogP contribution in [0.1, 0.15) is 16.8 Å². The quantitative estimate of drug-likeness (QED) is 0.822. The Hall–Kier alpha value is -2.01. The Balaban J connectivity index is 2.02. The molecule has 0 bridgehead atoms. The molecule has 0 unspecified atom stereocenters. The number of pyridine rings is 2. The summed E-state index contributed by atoms with van der Waals surface area (Å²) in [5.41, 5.74) is 9.44. The lowest BCUT2D eigenvalue weighted by Crippen LogP contribution is -2.11. The number of thiocarbonyl (C=S) groups is 1. The van der Waals surface area contributed by atoms with E-state index in [2.05, 4.69) is 15.3 Å². The van der Waals surface area contributed by atoms with Gasteiger partial charge in [-0.1, -0.05) is 12.2 Å². The van der Waals surface area contributed by atoms with Crippen LogP contribution in [0.4, 0.5) is 5.69 Å². The van der Waals surface area contributed by atoms with Crippen molar-refractivity contribution in [1.82, 2.24) is 9.97 Å². The van der Waals surface area contributed by atoms with E-state index in [-0.39, 0.29) is 0 Å². The lowest BCUT2D eigenvalue weighted by molar-refractivity contribution is 1.08. The first kappa shape index (κ1) is 12.4. The van der Waals surface area contributed by atoms with Crippen molar-refractivity contribution in [3.8, 4) is 0 Å². The van der Waals surface area contributed by atoms with Gasteiger partial charge in [0.05, 0.1) is 17.6 Å². The molecule has 2 aromatic heterocycles. The number of aromatic nitrogens is 2. The van der Waals surface area contributed by atoms with Crippen molar-refractivity contribution in [2.75, 3.05) is 5.32 Å². The minimum Gasteiger partial charge on any atom is -0.388 e. The van der Waals surface area contributed by atoms with Gasteiger partial charge in [0.2, 0.25) is 0 Å². The van der Waals surface area contributed by atoms with Crippen LogP contribution < -0.4 is 11.1 Å². The van der Waals surface area contributed by atoms with E-state index in [0.29, 0.717) is 10.7 Å². The maximum absolute atomic E-state index is 5.49. The fourth-order valence-electron chi connectivity index (χ4n) is 1.54. The number of nitrogens with zero attached hydrogens (tertiary/aromatic N) is 2. The maximum Gasteiger partial charge on any atom is 0.122 e. The Labute approximate surface area is 111 Å². The van der Waals surface area contributed by atoms with Crippen molar-refractivity contribution >= 4 is 22.9 Å². The maximum atomic E-state index is 5.49. The van der Waals surface area contributed by atoms with Gasteiger partial charge in [-0.05, 0) is 36.2 Å². The van der Waals surface area contributed by atoms with Crippen LogP contribution in [0, 0.1) is 6.92 Å². The SMILES string of the molecule is Cc1cnccc1CNc1ccc(C(N)=S)nc1. The molecule has 0 aliphatic heterocycles. The van der Waals surface area contributed by atoms with Gasteiger partial charge in [-0.15, -0.1) is 0 Å². The van der Waals surface area contributed by atoms with Gasteiger partial charge in [0.1, 0.15) is 4.99 Å². The van der Waals surface area contributed by atoms with Gasteiger partial charge < -0.3 is 11.1 Å². The molecule has 3 N–H and O–H groups in total. The molecule has 2 rings (SSSR count). The molecule has 2 aromatic rings. The van der Waals surface area contributed by atoms with Crippen LogP contribution in [0.15, 0.2) is 36.8 Å². The highest BCUT2D eigenvalue weighted by Crippen LogP contribution is 2.10. The van der Waals surface area contributed by atoms with Crippen molar-refractivity contribution in [1.29, 1.82) is 0 Å². The highest BCUT2D eigenvalue weighted by atomic mass is 32.1. The van der Waals surface area contributed by atoms with E-state index < -0.39 is 0 Å². The van der Waals surface area contributed by atoms with Gasteiger partial charge in [0, 0.05) is 18.9 Å². The predicted octanol–water partition coefficient (Wildman–Crippen LogP) is 2.03. The molecular formula is C13H14N4S. The van der Waals surface area contributed by atoms with Crippen LogP contribution >= 0.6 is 12.2 Å². The third kappa shape index (κ3) is 3.01. The molecule has 0 aliphatic rings. The molecule has 0 saturated heterocycles. The van der Waals surface area contributed by atoms with Crippen molar-refractivity contribution in [3.63, 3.8) is 0 Å². The number of anilines is 1. The molecule has 4 nitrogen and oxygen atoms in total. The van der Waals surface area contributed by atoms with Crippen molar-refractivity contribution in [2.45, 2.75) is 13.5 Å². The van der Waals surface area contributed by atoms with Crippen LogP contribution in [-0.4, -0.2) is 15.0 Å². The van der Waals surface area contributed by atoms with Gasteiger partial charge in [-0.25, -0.2) is 0 Å². The minimum absolute atomic E-state index is 0.312. The third-order valence-electron chi connectivity index (χ3n) is 2.64. The summed E-state index contributed by atoms with van der Waals surface area (Å²) in [6, 6.07) is 5.72. The summed E-state index contributed by atoms with van der Waals surface area (Å²) in [7, 11) is 0. The zero-order valence-electron chi connectivity index (χ0n) is 10.1. The molecule has 0 aromatic carbocycles. The Morgan fingerprint density at radius 1 is 1.33 bits per heavy atom. The summed E-state index contributed by atoms with van der Waals surface area (Å²) in [6.07, 6.45) is 5.37. The number of aryl methyl sites for hydroxylation is 1. The van der Waals surface area contributed by atoms with E-state index in [4.69, 9.17) is 18.0 Å². The second kappa shape index (κ2) is 5.55. The zero-order valence-corrected chi connectivity index (χ0v) is 10.9. The molecule has 0 amide bonds. The first-order chi connectivity index (χ1) is 8.66. The van der Waals surface area contributed by atoms with Crippen LogP contribution in [0.2, 0.25) is 0 Å². The molecule has 18 heavy (non-hydrogen) atoms. The number of hydrogen-bond acceptors (Lipinski definition) is 4. The average molecular weight is 258 g/mol. The lowest BCUT2D eigenvalue weighted by Gasteiger charge is -2.08. The summed E-state index contributed by atoms with van der Waals surface area (Å²) < 4.78 is 0. The fraction of sp³-hybridized carbons (Fsp3) is 0.154. The molecule has 0 spiro atoms. The zero-order chi connectivity index (χ0) is 13.0. The van der Waals surface area contributed by atoms with Gasteiger partial charge in [-0.2, -0.15) is 0 Å². The van der Waals surface area contributed by atoms with Gasteiger partial charge in [-0.3, -0.25) is 9.97 Å². The fourth-order valence-corrected chi connectivity index (χ4v) is 1.66. The van der Waals surface area contributed by atoms with Crippen LogP contribution in [-0.2, 0) is 6.54 Å². The summed E-state index contributed by atoms with van der Waals surface area (Å²) in [5, 5.41) is 3.29. The normalized spacial score (nSPS) is 10.1. The second-order valence-corrected chi connectivity index (χ2v) is 4.39. The third-order valence-corrected chi connectivity index (χ3v) is 2.84. The molecule has 2 heterocycles. The molecule has 0 saturated carbocycles. The molecule has 0 atom stereocenters. The Morgan fingerprint density at radius 3 is 2.78 bits per heavy atom. The number of nitrogens with one attached hydrogen (secondary N) is 1. The van der Waals surface area contributed by atoms with Gasteiger partial charge in [0.15, 0.2) is 0 Å². The standard InChI is InChI=1S/C13H14N4S/c1-9-6-15-5-4-10(9)7-16-11-2-3-12(13(14)18)17-8-11/h2-6,8,16H,7H2,1H3,(H2,14,18). The molecule has 0 radical (unpaired) electrons. The number of nitrogens with two attached hydrogens (primary N) is 1. The van der Waals surface area contributed by atoms with Crippen molar-refractivity contribution in [2.24, 2.45) is 5.73 Å². The average Bonchev–Trinajstić information content (AvgIpc) is 2.38. The van der Waals surface area contributed by atoms with E-state index >= 15 is 0 Å². The van der Waals surface area contributed by atoms with Gasteiger partial charge in [0.25, 0.3) is 0 Å². The van der Waals surface area contributed by atoms with E-state index in [0.717, 1.165) is 17.8 Å². The van der Waals surface area contributed by atoms with Crippen LogP contribution in [0.5, 0.6) is 0 Å². The Morgan fingerprint density at radius 2 is 2.17 bits per heavy atom. The predicted molar refractivity (Wildman–Crippen MR) is 76.4 cm³/mol. The smallest absolute Gasteiger partial charge is 0.122 e. The highest BCUT2D eigenvalue weighted by Gasteiger charge is 2.00. The second-order valence-electron chi connectivity index (χ2n) is 3.95. The van der Waals surface area contributed by atoms with E-state index in [9.17, 15) is 0 Å². The van der Waals surface area contributed by atoms with E-state index in [1.165, 1.54) is 5.56 Å². The largest absolute Gasteiger partial charge is 0.388 e. The van der Waals surface area contributed by atoms with Crippen molar-refractivity contribution in [3.05, 3.63) is 53.6 Å². The topological polar surface area (TPSA) is 63.8 Å². The molecular weight excluding hydrogens is 244 g/mol. The van der Waals surface area contributed by atoms with Crippen LogP contribution in [0.3, 0.4) is 0 Å². The van der Waals surface area contributed by atoms with Crippen LogP contribution in [0.25, 0.3) is 0 Å². The number of hydrogen-bond donors (Lipinski definition) is 2. The van der Waals surface area contributed by atoms with Gasteiger partial charge >= 0.3 is 0 Å². The molecule has 5 heteroatoms. The summed E-state index contributed by atoms with van der Waals surface area (Å²) in [4.78, 5) is 8.55. The summed E-state index contributed by atoms with van der Waals surface area (Å²) in [6.45, 7) is 2.78. The van der Waals surface area contributed by atoms with E-state index in [1.54, 1.807) is 12.4 Å². The summed E-state index contributed by atoms with van der Waals surface area (Å²) in [5.74, 6) is 0. The number of rotatable bonds is 4. The molecule has 92 valence electrons. The monoisotopic (exact) mass is 258 g/mol. The molecule has 0 aliphatic carbocycles. The van der Waals surface area contributed by atoms with Crippen molar-refractivity contribution < 1.29 is 0 Å². The first-order valence-electron chi connectivity index (χ1n) is 5.56. The highest BCUT2D eigenvalue weighted by molar-refractivity contribution is 7.80. The Bertz CT molecular complexity index is 551. The Kier molecular flexibility index (Phi) is 3.84. The van der Waals surface area contributed by atoms with E-state index in [1.807, 2.05) is 31.3 Å².